The summed E-state index contributed by atoms with van der Waals surface area (Å²) >= 11 is 0. The first-order chi connectivity index (χ1) is 24.3. The minimum absolute atomic E-state index is 0.399. The maximum Gasteiger partial charge on any atom is 0.172 e. The van der Waals surface area contributed by atoms with Gasteiger partial charge in [0.2, 0.25) is 0 Å². The summed E-state index contributed by atoms with van der Waals surface area (Å²) in [5.41, 5.74) is 9.65. The maximum atomic E-state index is 6.64. The largest absolute Gasteiger partial charge is 0.457 e. The molecule has 1 spiro atoms. The molecule has 7 aromatic rings. The summed E-state index contributed by atoms with van der Waals surface area (Å²) in [6.07, 6.45) is -0.399. The second-order valence-electron chi connectivity index (χ2n) is 12.5. The molecule has 3 aliphatic rings. The van der Waals surface area contributed by atoms with Crippen LogP contribution in [0.25, 0.3) is 22.5 Å². The maximum absolute atomic E-state index is 6.64. The number of furan rings is 1. The normalized spacial score (nSPS) is 16.3. The van der Waals surface area contributed by atoms with Crippen LogP contribution in [-0.2, 0) is 5.41 Å². The summed E-state index contributed by atoms with van der Waals surface area (Å²) in [5.74, 6) is 4.50. The molecule has 232 valence electrons. The van der Waals surface area contributed by atoms with Gasteiger partial charge in [0.05, 0.1) is 5.41 Å². The summed E-state index contributed by atoms with van der Waals surface area (Å²) in [6.45, 7) is 0. The quantitative estimate of drug-likeness (QED) is 0.210. The van der Waals surface area contributed by atoms with Gasteiger partial charge >= 0.3 is 0 Å². The number of aliphatic imine (C=N–C) groups is 2. The molecule has 6 aromatic carbocycles. The number of amidine groups is 2. The molecule has 1 aromatic heterocycles. The Morgan fingerprint density at radius 1 is 0.469 bits per heavy atom. The minimum Gasteiger partial charge on any atom is -0.457 e. The average Bonchev–Trinajstić information content (AvgIpc) is 3.79. The highest BCUT2D eigenvalue weighted by Crippen LogP contribution is 2.62. The third-order valence-electron chi connectivity index (χ3n) is 9.86. The summed E-state index contributed by atoms with van der Waals surface area (Å²) in [6, 6.07) is 56.6. The molecule has 0 amide bonds. The number of hydrogen-bond acceptors (Lipinski definition) is 5. The van der Waals surface area contributed by atoms with Crippen molar-refractivity contribution in [2.24, 2.45) is 9.98 Å². The van der Waals surface area contributed by atoms with Crippen LogP contribution in [-0.4, -0.2) is 11.7 Å². The fourth-order valence-electron chi connectivity index (χ4n) is 7.72. The smallest absolute Gasteiger partial charge is 0.172 e. The van der Waals surface area contributed by atoms with Gasteiger partial charge in [0.1, 0.15) is 23.1 Å². The van der Waals surface area contributed by atoms with Crippen LogP contribution in [0.2, 0.25) is 0 Å². The van der Waals surface area contributed by atoms with Crippen molar-refractivity contribution in [1.82, 2.24) is 5.32 Å². The fourth-order valence-corrected chi connectivity index (χ4v) is 7.72. The van der Waals surface area contributed by atoms with E-state index >= 15 is 0 Å². The van der Waals surface area contributed by atoms with Gasteiger partial charge in [0.15, 0.2) is 17.8 Å². The summed E-state index contributed by atoms with van der Waals surface area (Å²) < 4.78 is 13.3. The lowest BCUT2D eigenvalue weighted by molar-refractivity contribution is 0.436. The van der Waals surface area contributed by atoms with Gasteiger partial charge in [0.25, 0.3) is 0 Å². The Hall–Kier alpha value is -6.46. The van der Waals surface area contributed by atoms with Gasteiger partial charge in [-0.3, -0.25) is 0 Å². The Labute approximate surface area is 283 Å². The molecule has 3 heterocycles. The first-order valence-electron chi connectivity index (χ1n) is 16.5. The van der Waals surface area contributed by atoms with Crippen molar-refractivity contribution < 1.29 is 9.15 Å². The number of ether oxygens (including phenoxy) is 1. The molecule has 0 fully saturated rings. The van der Waals surface area contributed by atoms with E-state index < -0.39 is 11.6 Å². The molecule has 1 N–H and O–H groups in total. The molecule has 1 atom stereocenters. The lowest BCUT2D eigenvalue weighted by Gasteiger charge is -2.39. The van der Waals surface area contributed by atoms with Gasteiger partial charge in [0, 0.05) is 22.3 Å². The highest BCUT2D eigenvalue weighted by Gasteiger charge is 2.51. The van der Waals surface area contributed by atoms with Crippen LogP contribution in [0.3, 0.4) is 0 Å². The summed E-state index contributed by atoms with van der Waals surface area (Å²) in [7, 11) is 0. The molecule has 0 radical (unpaired) electrons. The van der Waals surface area contributed by atoms with Crippen molar-refractivity contribution in [3.05, 3.63) is 203 Å². The van der Waals surface area contributed by atoms with Gasteiger partial charge < -0.3 is 14.5 Å². The lowest BCUT2D eigenvalue weighted by Crippen LogP contribution is -2.35. The highest BCUT2D eigenvalue weighted by molar-refractivity contribution is 6.15. The van der Waals surface area contributed by atoms with E-state index in [-0.39, 0.29) is 0 Å². The Kier molecular flexibility index (Phi) is 6.09. The molecule has 0 saturated carbocycles. The monoisotopic (exact) mass is 631 g/mol. The molecule has 10 rings (SSSR count). The molecule has 5 heteroatoms. The zero-order valence-electron chi connectivity index (χ0n) is 26.4. The van der Waals surface area contributed by atoms with Crippen LogP contribution in [0.15, 0.2) is 178 Å². The third-order valence-corrected chi connectivity index (χ3v) is 9.86. The average molecular weight is 632 g/mol. The number of nitrogens with zero attached hydrogens (tertiary/aromatic N) is 2. The zero-order chi connectivity index (χ0) is 32.4. The number of fused-ring (bicyclic) bond motifs is 9. The number of rotatable bonds is 4. The second-order valence-corrected chi connectivity index (χ2v) is 12.5. The van der Waals surface area contributed by atoms with Crippen molar-refractivity contribution in [2.75, 3.05) is 0 Å². The predicted molar refractivity (Wildman–Crippen MR) is 193 cm³/mol. The van der Waals surface area contributed by atoms with E-state index in [1.54, 1.807) is 0 Å². The molecule has 0 saturated heterocycles. The Balaban J connectivity index is 1.10. The van der Waals surface area contributed by atoms with Crippen molar-refractivity contribution in [3.8, 4) is 33.9 Å². The van der Waals surface area contributed by atoms with Crippen LogP contribution in [0.1, 0.15) is 45.3 Å². The van der Waals surface area contributed by atoms with Crippen molar-refractivity contribution in [3.63, 3.8) is 0 Å². The van der Waals surface area contributed by atoms with Crippen molar-refractivity contribution >= 4 is 11.7 Å². The van der Waals surface area contributed by atoms with Crippen LogP contribution in [0, 0.1) is 0 Å². The predicted octanol–water partition coefficient (Wildman–Crippen LogP) is 9.91. The first-order valence-corrected chi connectivity index (χ1v) is 16.5. The highest BCUT2D eigenvalue weighted by atomic mass is 16.5. The fraction of sp³-hybridized carbons (Fsp3) is 0.0455. The number of benzene rings is 6. The summed E-state index contributed by atoms with van der Waals surface area (Å²) in [4.78, 5) is 9.98. The Morgan fingerprint density at radius 3 is 1.82 bits per heavy atom. The van der Waals surface area contributed by atoms with Crippen molar-refractivity contribution in [1.29, 1.82) is 0 Å². The zero-order valence-corrected chi connectivity index (χ0v) is 26.4. The number of para-hydroxylation sites is 1. The van der Waals surface area contributed by atoms with E-state index in [2.05, 4.69) is 102 Å². The van der Waals surface area contributed by atoms with Crippen LogP contribution in [0.4, 0.5) is 0 Å². The van der Waals surface area contributed by atoms with E-state index in [4.69, 9.17) is 19.1 Å². The van der Waals surface area contributed by atoms with Gasteiger partial charge in [-0.15, -0.1) is 0 Å². The third kappa shape index (κ3) is 4.19. The first kappa shape index (κ1) is 27.6. The molecule has 5 nitrogen and oxygen atoms in total. The van der Waals surface area contributed by atoms with Crippen LogP contribution in [0.5, 0.6) is 11.5 Å². The van der Waals surface area contributed by atoms with Gasteiger partial charge in [-0.1, -0.05) is 127 Å². The number of hydrogen-bond donors (Lipinski definition) is 1. The molecular weight excluding hydrogens is 603 g/mol. The minimum atomic E-state index is -0.540. The second kappa shape index (κ2) is 10.8. The van der Waals surface area contributed by atoms with E-state index in [9.17, 15) is 0 Å². The standard InChI is InChI=1S/C44H29N3O2/c1-3-13-28(14-4-1)41-45-42(29-15-5-2-6-16-29)47-43(46-41)40-26-25-37(48-40)30-23-24-39-36(27-30)44(35-21-11-12-22-38(35)49-39)33-19-9-7-17-31(33)32-18-8-10-20-34(32)44/h1-27,41H,(H,45,46,47). The lowest BCUT2D eigenvalue weighted by atomic mass is 9.66. The SMILES string of the molecule is c1ccc(C2=NC(c3ccccc3)N=C(c3ccc(-c4ccc5c(c4)C4(c6ccccc6O5)c5ccccc5-c5ccccc54)o3)N2)cc1. The molecule has 49 heavy (non-hydrogen) atoms. The molecule has 1 unspecified atom stereocenters. The van der Waals surface area contributed by atoms with E-state index in [0.717, 1.165) is 50.9 Å². The van der Waals surface area contributed by atoms with E-state index in [1.165, 1.54) is 22.3 Å². The topological polar surface area (TPSA) is 59.1 Å². The Bertz CT molecular complexity index is 2410. The van der Waals surface area contributed by atoms with Crippen molar-refractivity contribution in [2.45, 2.75) is 11.6 Å². The van der Waals surface area contributed by atoms with Gasteiger partial charge in [-0.05, 0) is 64.2 Å². The summed E-state index contributed by atoms with van der Waals surface area (Å²) in [5, 5.41) is 3.46. The number of nitrogens with one attached hydrogen (secondary N) is 1. The van der Waals surface area contributed by atoms with E-state index in [0.29, 0.717) is 11.6 Å². The van der Waals surface area contributed by atoms with Crippen LogP contribution < -0.4 is 10.1 Å². The van der Waals surface area contributed by atoms with Gasteiger partial charge in [-0.2, -0.15) is 0 Å². The molecule has 2 aliphatic heterocycles. The molecular formula is C44H29N3O2. The van der Waals surface area contributed by atoms with Crippen LogP contribution >= 0.6 is 0 Å². The Morgan fingerprint density at radius 2 is 1.06 bits per heavy atom. The van der Waals surface area contributed by atoms with E-state index in [1.807, 2.05) is 66.7 Å². The molecule has 1 aliphatic carbocycles. The van der Waals surface area contributed by atoms with Gasteiger partial charge in [-0.25, -0.2) is 9.98 Å². The molecule has 0 bridgehead atoms.